The van der Waals surface area contributed by atoms with Crippen LogP contribution >= 0.6 is 11.6 Å². The van der Waals surface area contributed by atoms with Gasteiger partial charge in [0.1, 0.15) is 5.75 Å². The van der Waals surface area contributed by atoms with E-state index in [0.717, 1.165) is 16.8 Å². The lowest BCUT2D eigenvalue weighted by Crippen LogP contribution is -2.03. The molecule has 0 spiro atoms. The molecular weight excluding hydrogens is 288 g/mol. The molecule has 4 nitrogen and oxygen atoms in total. The number of aliphatic hydroxyl groups is 1. The van der Waals surface area contributed by atoms with Gasteiger partial charge < -0.3 is 15.2 Å². The lowest BCUT2D eigenvalue weighted by Gasteiger charge is -2.12. The number of nitrogens with one attached hydrogen (secondary N) is 1. The van der Waals surface area contributed by atoms with Crippen molar-refractivity contribution in [3.63, 3.8) is 0 Å². The number of nitrogens with zero attached hydrogens (tertiary/aromatic N) is 1. The third-order valence-electron chi connectivity index (χ3n) is 3.10. The Bertz CT molecular complexity index is 680. The number of hydrogen-bond donors (Lipinski definition) is 2. The predicted molar refractivity (Wildman–Crippen MR) is 82.4 cm³/mol. The Morgan fingerprint density at radius 3 is 2.76 bits per heavy atom. The van der Waals surface area contributed by atoms with E-state index in [2.05, 4.69) is 11.4 Å². The molecule has 2 aromatic carbocycles. The highest BCUT2D eigenvalue weighted by Gasteiger charge is 2.06. The minimum Gasteiger partial charge on any atom is -0.496 e. The predicted octanol–water partition coefficient (Wildman–Crippen LogP) is 3.32. The van der Waals surface area contributed by atoms with Gasteiger partial charge in [-0.2, -0.15) is 5.26 Å². The van der Waals surface area contributed by atoms with Gasteiger partial charge in [-0.05, 0) is 29.8 Å². The number of aliphatic hydroxyl groups excluding tert-OH is 1. The van der Waals surface area contributed by atoms with E-state index in [0.29, 0.717) is 22.9 Å². The molecule has 108 valence electrons. The van der Waals surface area contributed by atoms with Crippen LogP contribution in [0.5, 0.6) is 5.75 Å². The molecule has 0 saturated carbocycles. The van der Waals surface area contributed by atoms with Crippen molar-refractivity contribution in [1.82, 2.24) is 0 Å². The van der Waals surface area contributed by atoms with Crippen molar-refractivity contribution in [2.75, 3.05) is 12.4 Å². The van der Waals surface area contributed by atoms with Crippen molar-refractivity contribution < 1.29 is 9.84 Å². The first-order valence-corrected chi connectivity index (χ1v) is 6.76. The molecule has 0 bridgehead atoms. The molecule has 21 heavy (non-hydrogen) atoms. The maximum atomic E-state index is 9.16. The highest BCUT2D eigenvalue weighted by atomic mass is 35.5. The van der Waals surface area contributed by atoms with Crippen LogP contribution in [0.3, 0.4) is 0 Å². The fraction of sp³-hybridized carbons (Fsp3) is 0.188. The summed E-state index contributed by atoms with van der Waals surface area (Å²) in [6, 6.07) is 12.7. The number of methoxy groups -OCH3 is 1. The molecule has 0 heterocycles. The first kappa shape index (κ1) is 15.2. The van der Waals surface area contributed by atoms with Crippen LogP contribution in [0.15, 0.2) is 36.4 Å². The second kappa shape index (κ2) is 6.98. The molecule has 0 atom stereocenters. The smallest absolute Gasteiger partial charge is 0.125 e. The molecule has 2 aromatic rings. The van der Waals surface area contributed by atoms with Crippen molar-refractivity contribution in [1.29, 1.82) is 5.26 Å². The summed E-state index contributed by atoms with van der Waals surface area (Å²) in [4.78, 5) is 0. The van der Waals surface area contributed by atoms with E-state index in [1.165, 1.54) is 0 Å². The number of rotatable bonds is 5. The Balaban J connectivity index is 2.18. The van der Waals surface area contributed by atoms with E-state index in [-0.39, 0.29) is 6.61 Å². The van der Waals surface area contributed by atoms with Gasteiger partial charge in [0.05, 0.1) is 36.1 Å². The highest BCUT2D eigenvalue weighted by Crippen LogP contribution is 2.26. The molecule has 0 aliphatic heterocycles. The zero-order valence-electron chi connectivity index (χ0n) is 11.6. The zero-order chi connectivity index (χ0) is 15.2. The van der Waals surface area contributed by atoms with Gasteiger partial charge in [-0.1, -0.05) is 23.7 Å². The fourth-order valence-electron chi connectivity index (χ4n) is 1.96. The normalized spacial score (nSPS) is 10.0. The highest BCUT2D eigenvalue weighted by molar-refractivity contribution is 6.33. The number of anilines is 1. The van der Waals surface area contributed by atoms with Gasteiger partial charge in [-0.25, -0.2) is 0 Å². The maximum Gasteiger partial charge on any atom is 0.125 e. The van der Waals surface area contributed by atoms with Crippen molar-refractivity contribution >= 4 is 17.3 Å². The fourth-order valence-corrected chi connectivity index (χ4v) is 2.14. The first-order chi connectivity index (χ1) is 10.2. The van der Waals surface area contributed by atoms with Crippen molar-refractivity contribution in [2.24, 2.45) is 0 Å². The third-order valence-corrected chi connectivity index (χ3v) is 3.43. The van der Waals surface area contributed by atoms with Crippen LogP contribution in [0.25, 0.3) is 0 Å². The standard InChI is InChI=1S/C16H15ClN2O2/c1-21-16-7-11(8-18)2-4-13(16)9-19-15-6-12(10-20)3-5-14(15)17/h2-7,19-20H,9-10H2,1H3. The van der Waals surface area contributed by atoms with Crippen LogP contribution in [0.4, 0.5) is 5.69 Å². The number of hydrogen-bond acceptors (Lipinski definition) is 4. The monoisotopic (exact) mass is 302 g/mol. The molecule has 0 fully saturated rings. The van der Waals surface area contributed by atoms with Gasteiger partial charge in [-0.3, -0.25) is 0 Å². The van der Waals surface area contributed by atoms with Crippen LogP contribution in [0.1, 0.15) is 16.7 Å². The molecule has 0 aliphatic rings. The summed E-state index contributed by atoms with van der Waals surface area (Å²) in [7, 11) is 1.57. The molecule has 0 aromatic heterocycles. The van der Waals surface area contributed by atoms with E-state index in [1.807, 2.05) is 6.07 Å². The molecule has 0 unspecified atom stereocenters. The van der Waals surface area contributed by atoms with Crippen molar-refractivity contribution in [3.8, 4) is 11.8 Å². The average molecular weight is 303 g/mol. The number of halogens is 1. The molecule has 0 saturated heterocycles. The average Bonchev–Trinajstić information content (AvgIpc) is 2.54. The summed E-state index contributed by atoms with van der Waals surface area (Å²) in [5.41, 5.74) is 3.00. The van der Waals surface area contributed by atoms with Crippen LogP contribution in [0.2, 0.25) is 5.02 Å². The van der Waals surface area contributed by atoms with Crippen molar-refractivity contribution in [3.05, 3.63) is 58.1 Å². The summed E-state index contributed by atoms with van der Waals surface area (Å²) in [6.45, 7) is 0.468. The summed E-state index contributed by atoms with van der Waals surface area (Å²) in [5, 5.41) is 21.8. The topological polar surface area (TPSA) is 65.3 Å². The number of ether oxygens (including phenoxy) is 1. The Morgan fingerprint density at radius 2 is 2.10 bits per heavy atom. The van der Waals surface area contributed by atoms with Crippen LogP contribution in [-0.4, -0.2) is 12.2 Å². The molecular formula is C16H15ClN2O2. The van der Waals surface area contributed by atoms with Gasteiger partial charge >= 0.3 is 0 Å². The molecule has 0 aliphatic carbocycles. The minimum atomic E-state index is -0.0357. The summed E-state index contributed by atoms with van der Waals surface area (Å²) in [5.74, 6) is 0.649. The summed E-state index contributed by atoms with van der Waals surface area (Å²) < 4.78 is 5.29. The van der Waals surface area contributed by atoms with Gasteiger partial charge in [0.2, 0.25) is 0 Å². The summed E-state index contributed by atoms with van der Waals surface area (Å²) in [6.07, 6.45) is 0. The van der Waals surface area contributed by atoms with E-state index in [9.17, 15) is 0 Å². The Hall–Kier alpha value is -2.22. The largest absolute Gasteiger partial charge is 0.496 e. The van der Waals surface area contributed by atoms with Crippen molar-refractivity contribution in [2.45, 2.75) is 13.2 Å². The minimum absolute atomic E-state index is 0.0357. The quantitative estimate of drug-likeness (QED) is 0.889. The lowest BCUT2D eigenvalue weighted by atomic mass is 10.1. The van der Waals surface area contributed by atoms with E-state index < -0.39 is 0 Å². The second-order valence-electron chi connectivity index (χ2n) is 4.46. The van der Waals surface area contributed by atoms with Crippen LogP contribution in [-0.2, 0) is 13.2 Å². The first-order valence-electron chi connectivity index (χ1n) is 6.38. The molecule has 5 heteroatoms. The van der Waals surface area contributed by atoms with E-state index in [4.69, 9.17) is 26.7 Å². The number of nitriles is 1. The molecule has 0 amide bonds. The van der Waals surface area contributed by atoms with Gasteiger partial charge in [0.15, 0.2) is 0 Å². The van der Waals surface area contributed by atoms with Gasteiger partial charge in [-0.15, -0.1) is 0 Å². The summed E-state index contributed by atoms with van der Waals surface area (Å²) >= 11 is 6.12. The van der Waals surface area contributed by atoms with E-state index in [1.54, 1.807) is 37.4 Å². The maximum absolute atomic E-state index is 9.16. The molecule has 2 N–H and O–H groups in total. The molecule has 2 rings (SSSR count). The zero-order valence-corrected chi connectivity index (χ0v) is 12.3. The Labute approximate surface area is 128 Å². The second-order valence-corrected chi connectivity index (χ2v) is 4.87. The van der Waals surface area contributed by atoms with E-state index >= 15 is 0 Å². The Morgan fingerprint density at radius 1 is 1.29 bits per heavy atom. The number of benzene rings is 2. The SMILES string of the molecule is COc1cc(C#N)ccc1CNc1cc(CO)ccc1Cl. The van der Waals surface area contributed by atoms with Crippen LogP contribution in [0, 0.1) is 11.3 Å². The third kappa shape index (κ3) is 3.66. The van der Waals surface area contributed by atoms with Gasteiger partial charge in [0.25, 0.3) is 0 Å². The Kier molecular flexibility index (Phi) is 5.04. The van der Waals surface area contributed by atoms with Gasteiger partial charge in [0, 0.05) is 12.1 Å². The molecule has 0 radical (unpaired) electrons. The van der Waals surface area contributed by atoms with Crippen LogP contribution < -0.4 is 10.1 Å². The lowest BCUT2D eigenvalue weighted by molar-refractivity contribution is 0.282.